The minimum Gasteiger partial charge on any atom is -0.489 e. The lowest BCUT2D eigenvalue weighted by atomic mass is 10.1. The summed E-state index contributed by atoms with van der Waals surface area (Å²) in [6.45, 7) is 6.93. The summed E-state index contributed by atoms with van der Waals surface area (Å²) in [7, 11) is 0. The van der Waals surface area contributed by atoms with E-state index in [1.165, 1.54) is 11.1 Å². The Morgan fingerprint density at radius 2 is 1.37 bits per heavy atom. The van der Waals surface area contributed by atoms with Crippen molar-refractivity contribution in [2.75, 3.05) is 19.8 Å². The molecule has 38 heavy (non-hydrogen) atoms. The van der Waals surface area contributed by atoms with E-state index in [0.29, 0.717) is 53.5 Å². The summed E-state index contributed by atoms with van der Waals surface area (Å²) in [5, 5.41) is 2.01. The summed E-state index contributed by atoms with van der Waals surface area (Å²) in [5.74, 6) is 0.716. The molecule has 0 aliphatic rings. The Bertz CT molecular complexity index is 1420. The van der Waals surface area contributed by atoms with Gasteiger partial charge in [-0.25, -0.2) is 4.79 Å². The van der Waals surface area contributed by atoms with Crippen molar-refractivity contribution in [3.05, 3.63) is 93.5 Å². The van der Waals surface area contributed by atoms with Crippen LogP contribution in [0.25, 0.3) is 10.8 Å². The average Bonchev–Trinajstić information content (AvgIpc) is 2.92. The first kappa shape index (κ1) is 27.6. The van der Waals surface area contributed by atoms with Crippen LogP contribution < -0.4 is 18.9 Å². The number of benzene rings is 4. The summed E-state index contributed by atoms with van der Waals surface area (Å²) >= 11 is 12.6. The van der Waals surface area contributed by atoms with Crippen molar-refractivity contribution >= 4 is 39.9 Å². The van der Waals surface area contributed by atoms with Gasteiger partial charge in [-0.15, -0.1) is 0 Å². The molecule has 0 saturated carbocycles. The fourth-order valence-electron chi connectivity index (χ4n) is 4.14. The van der Waals surface area contributed by atoms with Gasteiger partial charge < -0.3 is 18.9 Å². The number of ether oxygens (including phenoxy) is 4. The van der Waals surface area contributed by atoms with Gasteiger partial charge in [-0.2, -0.15) is 0 Å². The molecule has 4 rings (SSSR count). The highest BCUT2D eigenvalue weighted by Crippen LogP contribution is 2.52. The Kier molecular flexibility index (Phi) is 9.38. The third-order valence-corrected chi connectivity index (χ3v) is 6.59. The molecule has 0 aliphatic heterocycles. The molecule has 0 saturated heterocycles. The highest BCUT2D eigenvalue weighted by Gasteiger charge is 2.27. The van der Waals surface area contributed by atoms with E-state index in [0.717, 1.165) is 6.42 Å². The summed E-state index contributed by atoms with van der Waals surface area (Å²) in [4.78, 5) is 13.2. The van der Waals surface area contributed by atoms with Crippen LogP contribution in [0.5, 0.6) is 23.0 Å². The zero-order chi connectivity index (χ0) is 27.1. The predicted octanol–water partition coefficient (Wildman–Crippen LogP) is 8.35. The summed E-state index contributed by atoms with van der Waals surface area (Å²) in [5.41, 5.74) is 2.70. The maximum Gasteiger partial charge on any atom is 0.345 e. The van der Waals surface area contributed by atoms with Crippen molar-refractivity contribution in [3.8, 4) is 23.0 Å². The number of esters is 1. The first-order valence-corrected chi connectivity index (χ1v) is 13.4. The zero-order valence-corrected chi connectivity index (χ0v) is 23.2. The second-order valence-electron chi connectivity index (χ2n) is 8.51. The highest BCUT2D eigenvalue weighted by molar-refractivity contribution is 6.33. The molecule has 0 aliphatic carbocycles. The molecule has 7 heteroatoms. The number of hydrogen-bond donors (Lipinski definition) is 0. The number of hydrogen-bond acceptors (Lipinski definition) is 5. The van der Waals surface area contributed by atoms with Crippen LogP contribution in [-0.2, 0) is 12.8 Å². The molecule has 4 aromatic carbocycles. The van der Waals surface area contributed by atoms with Crippen LogP contribution >= 0.6 is 23.2 Å². The van der Waals surface area contributed by atoms with Crippen LogP contribution in [0.3, 0.4) is 0 Å². The van der Waals surface area contributed by atoms with Gasteiger partial charge in [0.05, 0.1) is 30.4 Å². The molecular weight excluding hydrogens is 523 g/mol. The van der Waals surface area contributed by atoms with E-state index in [1.807, 2.05) is 19.9 Å². The topological polar surface area (TPSA) is 54.0 Å². The number of rotatable bonds is 11. The Labute approximate surface area is 233 Å². The lowest BCUT2D eigenvalue weighted by Gasteiger charge is -2.22. The number of halogens is 2. The van der Waals surface area contributed by atoms with Gasteiger partial charge in [0.1, 0.15) is 0 Å². The summed E-state index contributed by atoms with van der Waals surface area (Å²) < 4.78 is 24.3. The first-order chi connectivity index (χ1) is 18.5. The number of aryl methyl sites for hydroxylation is 1. The Balaban J connectivity index is 1.78. The lowest BCUT2D eigenvalue weighted by Crippen LogP contribution is -2.12. The van der Waals surface area contributed by atoms with Crippen LogP contribution in [0.2, 0.25) is 10.0 Å². The molecule has 0 bridgehead atoms. The van der Waals surface area contributed by atoms with Gasteiger partial charge in [-0.05, 0) is 61.7 Å². The van der Waals surface area contributed by atoms with Gasteiger partial charge >= 0.3 is 5.97 Å². The third-order valence-electron chi connectivity index (χ3n) is 6.02. The summed E-state index contributed by atoms with van der Waals surface area (Å²) in [6.07, 6.45) is 1.70. The molecule has 4 aromatic rings. The van der Waals surface area contributed by atoms with E-state index < -0.39 is 5.97 Å². The second-order valence-corrected chi connectivity index (χ2v) is 9.35. The lowest BCUT2D eigenvalue weighted by molar-refractivity contribution is 0.0730. The van der Waals surface area contributed by atoms with Gasteiger partial charge in [0.25, 0.3) is 0 Å². The quantitative estimate of drug-likeness (QED) is 0.138. The molecule has 0 atom stereocenters. The van der Waals surface area contributed by atoms with Gasteiger partial charge in [-0.1, -0.05) is 66.5 Å². The van der Waals surface area contributed by atoms with Crippen molar-refractivity contribution in [1.29, 1.82) is 0 Å². The average molecular weight is 553 g/mol. The van der Waals surface area contributed by atoms with Crippen molar-refractivity contribution < 1.29 is 23.7 Å². The van der Waals surface area contributed by atoms with Crippen LogP contribution in [0.1, 0.15) is 42.3 Å². The monoisotopic (exact) mass is 552 g/mol. The predicted molar refractivity (Wildman–Crippen MR) is 153 cm³/mol. The smallest absolute Gasteiger partial charge is 0.345 e. The van der Waals surface area contributed by atoms with Crippen molar-refractivity contribution in [3.63, 3.8) is 0 Å². The fraction of sp³-hybridized carbons (Fsp3) is 0.258. The number of carbonyl (C=O) groups is 1. The molecule has 0 amide bonds. The fourth-order valence-corrected chi connectivity index (χ4v) is 4.52. The van der Waals surface area contributed by atoms with E-state index in [-0.39, 0.29) is 22.1 Å². The van der Waals surface area contributed by atoms with E-state index in [2.05, 4.69) is 31.2 Å². The van der Waals surface area contributed by atoms with E-state index >= 15 is 0 Å². The maximum absolute atomic E-state index is 13.2. The van der Waals surface area contributed by atoms with Crippen molar-refractivity contribution in [2.45, 2.75) is 33.6 Å². The molecule has 5 nitrogen and oxygen atoms in total. The molecule has 0 unspecified atom stereocenters. The second kappa shape index (κ2) is 12.9. The standard InChI is InChI=1S/C31H30Cl2O5/c1-4-20-11-13-21(14-12-20)17-18-37-27-23-16-15-22(32)19-25(23)28(30(36-6-3)29(27)35-5-2)38-31(34)24-9-7-8-10-26(24)33/h7-16,19H,4-6,17-18H2,1-3H3. The molecule has 0 radical (unpaired) electrons. The maximum atomic E-state index is 13.2. The van der Waals surface area contributed by atoms with Gasteiger partial charge in [0.15, 0.2) is 11.5 Å². The molecule has 0 N–H and O–H groups in total. The minimum absolute atomic E-state index is 0.195. The van der Waals surface area contributed by atoms with E-state index in [1.54, 1.807) is 36.4 Å². The van der Waals surface area contributed by atoms with Crippen LogP contribution in [0.4, 0.5) is 0 Å². The molecule has 198 valence electrons. The Hall–Kier alpha value is -3.41. The molecule has 0 heterocycles. The van der Waals surface area contributed by atoms with Crippen molar-refractivity contribution in [1.82, 2.24) is 0 Å². The zero-order valence-electron chi connectivity index (χ0n) is 21.7. The first-order valence-electron chi connectivity index (χ1n) is 12.7. The van der Waals surface area contributed by atoms with E-state index in [9.17, 15) is 4.79 Å². The number of carbonyl (C=O) groups excluding carboxylic acids is 1. The normalized spacial score (nSPS) is 10.9. The Morgan fingerprint density at radius 3 is 2.03 bits per heavy atom. The van der Waals surface area contributed by atoms with Gasteiger partial charge in [0, 0.05) is 22.2 Å². The SMILES string of the molecule is CCOc1c(OCC)c(OC(=O)c2ccccc2Cl)c2cc(Cl)ccc2c1OCCc1ccc(CC)cc1. The molecule has 0 spiro atoms. The highest BCUT2D eigenvalue weighted by atomic mass is 35.5. The van der Waals surface area contributed by atoms with Crippen LogP contribution in [0.15, 0.2) is 66.7 Å². The molecular formula is C31H30Cl2O5. The Morgan fingerprint density at radius 1 is 0.711 bits per heavy atom. The van der Waals surface area contributed by atoms with Crippen LogP contribution in [-0.4, -0.2) is 25.8 Å². The van der Waals surface area contributed by atoms with Crippen LogP contribution in [0, 0.1) is 0 Å². The number of fused-ring (bicyclic) bond motifs is 1. The molecule has 0 aromatic heterocycles. The van der Waals surface area contributed by atoms with Crippen molar-refractivity contribution in [2.24, 2.45) is 0 Å². The van der Waals surface area contributed by atoms with Gasteiger partial charge in [-0.3, -0.25) is 0 Å². The van der Waals surface area contributed by atoms with Gasteiger partial charge in [0.2, 0.25) is 11.5 Å². The summed E-state index contributed by atoms with van der Waals surface area (Å²) in [6, 6.07) is 20.5. The van der Waals surface area contributed by atoms with E-state index in [4.69, 9.17) is 42.1 Å². The third kappa shape index (κ3) is 6.17. The largest absolute Gasteiger partial charge is 0.489 e. The molecule has 0 fully saturated rings. The minimum atomic E-state index is -0.621.